The first kappa shape index (κ1) is 12.2. The van der Waals surface area contributed by atoms with Crippen molar-refractivity contribution in [2.45, 2.75) is 19.0 Å². The topological polar surface area (TPSA) is 90.5 Å². The van der Waals surface area contributed by atoms with Crippen molar-refractivity contribution in [1.82, 2.24) is 16.0 Å². The highest BCUT2D eigenvalue weighted by atomic mass is 16.4. The van der Waals surface area contributed by atoms with Crippen LogP contribution in [-0.4, -0.2) is 29.2 Å². The Morgan fingerprint density at radius 3 is 3.06 bits per heavy atom. The molecule has 0 aliphatic carbocycles. The van der Waals surface area contributed by atoms with E-state index in [4.69, 9.17) is 5.11 Å². The quantitative estimate of drug-likeness (QED) is 0.510. The van der Waals surface area contributed by atoms with E-state index >= 15 is 0 Å². The Hall–Kier alpha value is -2.24. The normalized spacial score (nSPS) is 27.1. The van der Waals surface area contributed by atoms with Gasteiger partial charge >= 0.3 is 5.97 Å². The van der Waals surface area contributed by atoms with Gasteiger partial charge in [-0.05, 0) is 24.6 Å². The highest BCUT2D eigenvalue weighted by molar-refractivity contribution is 5.81. The van der Waals surface area contributed by atoms with Crippen molar-refractivity contribution in [3.05, 3.63) is 35.7 Å². The number of rotatable bonds is 2. The van der Waals surface area contributed by atoms with Crippen LogP contribution in [-0.2, 0) is 9.59 Å². The van der Waals surface area contributed by atoms with Gasteiger partial charge in [-0.15, -0.1) is 0 Å². The van der Waals surface area contributed by atoms with E-state index in [9.17, 15) is 9.59 Å². The molecule has 1 atom stereocenters. The molecular weight excluding hydrogens is 234 g/mol. The molecule has 96 valence electrons. The summed E-state index contributed by atoms with van der Waals surface area (Å²) in [4.78, 5) is 22.0. The first-order valence-corrected chi connectivity index (χ1v) is 5.65. The average Bonchev–Trinajstić information content (AvgIpc) is 2.43. The van der Waals surface area contributed by atoms with Crippen molar-refractivity contribution in [1.29, 1.82) is 0 Å². The Balaban J connectivity index is 2.22. The van der Waals surface area contributed by atoms with Crippen LogP contribution < -0.4 is 16.0 Å². The number of dihydropyridines is 1. The minimum absolute atomic E-state index is 0.0289. The van der Waals surface area contributed by atoms with E-state index in [2.05, 4.69) is 16.0 Å². The van der Waals surface area contributed by atoms with Crippen LogP contribution in [0.5, 0.6) is 0 Å². The van der Waals surface area contributed by atoms with E-state index < -0.39 is 11.6 Å². The molecular formula is C12H15N3O3. The predicted octanol–water partition coefficient (Wildman–Crippen LogP) is -0.176. The summed E-state index contributed by atoms with van der Waals surface area (Å²) in [7, 11) is 0. The second kappa shape index (κ2) is 4.56. The molecule has 0 spiro atoms. The summed E-state index contributed by atoms with van der Waals surface area (Å²) in [5.74, 6) is -1.02. The molecule has 18 heavy (non-hydrogen) atoms. The van der Waals surface area contributed by atoms with E-state index in [1.165, 1.54) is 6.08 Å². The Bertz CT molecular complexity index is 479. The van der Waals surface area contributed by atoms with E-state index in [1.54, 1.807) is 6.20 Å². The predicted molar refractivity (Wildman–Crippen MR) is 65.2 cm³/mol. The second-order valence-corrected chi connectivity index (χ2v) is 4.37. The Kier molecular flexibility index (Phi) is 3.10. The van der Waals surface area contributed by atoms with Crippen molar-refractivity contribution >= 4 is 11.9 Å². The van der Waals surface area contributed by atoms with Crippen LogP contribution in [0.25, 0.3) is 0 Å². The molecule has 1 fully saturated rings. The van der Waals surface area contributed by atoms with Gasteiger partial charge in [-0.25, -0.2) is 4.79 Å². The maximum absolute atomic E-state index is 11.5. The molecule has 2 aliphatic rings. The third-order valence-corrected chi connectivity index (χ3v) is 2.85. The molecule has 2 aliphatic heterocycles. The van der Waals surface area contributed by atoms with Gasteiger partial charge in [0.2, 0.25) is 5.91 Å². The number of amides is 1. The monoisotopic (exact) mass is 249 g/mol. The van der Waals surface area contributed by atoms with E-state index in [0.29, 0.717) is 13.0 Å². The van der Waals surface area contributed by atoms with Gasteiger partial charge in [-0.2, -0.15) is 0 Å². The van der Waals surface area contributed by atoms with E-state index in [-0.39, 0.29) is 5.91 Å². The van der Waals surface area contributed by atoms with Crippen LogP contribution in [0, 0.1) is 0 Å². The minimum atomic E-state index is -0.996. The fourth-order valence-corrected chi connectivity index (χ4v) is 1.91. The zero-order valence-electron chi connectivity index (χ0n) is 9.99. The summed E-state index contributed by atoms with van der Waals surface area (Å²) < 4.78 is 0. The Labute approximate surface area is 104 Å². The molecule has 6 nitrogen and oxygen atoms in total. The lowest BCUT2D eigenvalue weighted by Gasteiger charge is -2.35. The number of hydrogen-bond donors (Lipinski definition) is 4. The van der Waals surface area contributed by atoms with Gasteiger partial charge < -0.3 is 21.1 Å². The lowest BCUT2D eigenvalue weighted by molar-refractivity contribution is -0.131. The summed E-state index contributed by atoms with van der Waals surface area (Å²) in [6.07, 6.45) is 6.48. The number of carbonyl (C=O) groups excluding carboxylic acids is 1. The zero-order valence-corrected chi connectivity index (χ0v) is 9.99. The van der Waals surface area contributed by atoms with Crippen molar-refractivity contribution in [2.75, 3.05) is 6.54 Å². The second-order valence-electron chi connectivity index (χ2n) is 4.37. The molecule has 0 aromatic rings. The number of carboxylic acids is 1. The third-order valence-electron chi connectivity index (χ3n) is 2.85. The SMILES string of the molecule is CC12NC=C(/C=C/C(=O)O)C=C1NCCC(=O)N2. The molecule has 1 unspecified atom stereocenters. The Morgan fingerprint density at radius 2 is 2.33 bits per heavy atom. The average molecular weight is 249 g/mol. The van der Waals surface area contributed by atoms with Crippen LogP contribution in [0.1, 0.15) is 13.3 Å². The number of carbonyl (C=O) groups is 2. The molecule has 0 radical (unpaired) electrons. The van der Waals surface area contributed by atoms with Gasteiger partial charge in [0.05, 0.1) is 5.70 Å². The molecule has 2 rings (SSSR count). The summed E-state index contributed by atoms with van der Waals surface area (Å²) in [6.45, 7) is 2.41. The molecule has 1 amide bonds. The number of carboxylic acid groups (broad SMARTS) is 1. The molecule has 1 saturated heterocycles. The molecule has 0 aromatic heterocycles. The molecule has 2 heterocycles. The molecule has 0 saturated carbocycles. The van der Waals surface area contributed by atoms with Gasteiger partial charge in [0.1, 0.15) is 5.66 Å². The van der Waals surface area contributed by atoms with Gasteiger partial charge in [-0.1, -0.05) is 0 Å². The van der Waals surface area contributed by atoms with Crippen molar-refractivity contribution < 1.29 is 14.7 Å². The lowest BCUT2D eigenvalue weighted by Crippen LogP contribution is -2.58. The molecule has 0 bridgehead atoms. The van der Waals surface area contributed by atoms with Crippen LogP contribution in [0.15, 0.2) is 35.7 Å². The molecule has 0 aromatic carbocycles. The number of allylic oxidation sites excluding steroid dienone is 3. The first-order chi connectivity index (χ1) is 8.49. The van der Waals surface area contributed by atoms with Gasteiger partial charge in [-0.3, -0.25) is 4.79 Å². The van der Waals surface area contributed by atoms with Crippen molar-refractivity contribution in [3.8, 4) is 0 Å². The minimum Gasteiger partial charge on any atom is -0.478 e. The number of aliphatic carboxylic acids is 1. The fraction of sp³-hybridized carbons (Fsp3) is 0.333. The Morgan fingerprint density at radius 1 is 1.56 bits per heavy atom. The maximum Gasteiger partial charge on any atom is 0.328 e. The lowest BCUT2D eigenvalue weighted by atomic mass is 10.0. The standard InChI is InChI=1S/C12H15N3O3/c1-12-9(13-5-4-10(16)15-12)6-8(7-14-12)2-3-11(17)18/h2-3,6-7,13-14H,4-5H2,1H3,(H,15,16)(H,17,18)/b3-2+. The van der Waals surface area contributed by atoms with E-state index in [1.807, 2.05) is 13.0 Å². The number of fused-ring (bicyclic) bond motifs is 1. The van der Waals surface area contributed by atoms with E-state index in [0.717, 1.165) is 17.3 Å². The zero-order chi connectivity index (χ0) is 13.2. The third kappa shape index (κ3) is 2.53. The first-order valence-electron chi connectivity index (χ1n) is 5.65. The van der Waals surface area contributed by atoms with Crippen molar-refractivity contribution in [2.24, 2.45) is 0 Å². The molecule has 4 N–H and O–H groups in total. The van der Waals surface area contributed by atoms with Gasteiger partial charge in [0, 0.05) is 25.2 Å². The smallest absolute Gasteiger partial charge is 0.328 e. The van der Waals surface area contributed by atoms with Crippen molar-refractivity contribution in [3.63, 3.8) is 0 Å². The highest BCUT2D eigenvalue weighted by Gasteiger charge is 2.33. The molecule has 6 heteroatoms. The fourth-order valence-electron chi connectivity index (χ4n) is 1.91. The highest BCUT2D eigenvalue weighted by Crippen LogP contribution is 2.20. The maximum atomic E-state index is 11.5. The summed E-state index contributed by atoms with van der Waals surface area (Å²) >= 11 is 0. The van der Waals surface area contributed by atoms with Crippen LogP contribution >= 0.6 is 0 Å². The summed E-state index contributed by atoms with van der Waals surface area (Å²) in [5.41, 5.74) is 0.892. The van der Waals surface area contributed by atoms with Crippen LogP contribution in [0.4, 0.5) is 0 Å². The summed E-state index contributed by atoms with van der Waals surface area (Å²) in [5, 5.41) is 17.7. The largest absolute Gasteiger partial charge is 0.478 e. The van der Waals surface area contributed by atoms with Gasteiger partial charge in [0.15, 0.2) is 0 Å². The number of hydrogen-bond acceptors (Lipinski definition) is 4. The van der Waals surface area contributed by atoms with Gasteiger partial charge in [0.25, 0.3) is 0 Å². The summed E-state index contributed by atoms with van der Waals surface area (Å²) in [6, 6.07) is 0. The van der Waals surface area contributed by atoms with Crippen LogP contribution in [0.2, 0.25) is 0 Å². The number of nitrogens with one attached hydrogen (secondary N) is 3. The van der Waals surface area contributed by atoms with Crippen LogP contribution in [0.3, 0.4) is 0 Å².